The molecule has 102 valence electrons. The van der Waals surface area contributed by atoms with Crippen LogP contribution in [0.2, 0.25) is 5.02 Å². The molecule has 1 atom stereocenters. The highest BCUT2D eigenvalue weighted by Gasteiger charge is 2.28. The molecule has 1 heterocycles. The van der Waals surface area contributed by atoms with E-state index in [0.717, 1.165) is 15.7 Å². The maximum atomic E-state index is 12.4. The smallest absolute Gasteiger partial charge is 0.233 e. The van der Waals surface area contributed by atoms with Crippen molar-refractivity contribution in [2.75, 3.05) is 17.2 Å². The van der Waals surface area contributed by atoms with Crippen molar-refractivity contribution < 1.29 is 4.79 Å². The Bertz CT molecular complexity index is 675. The molecule has 0 bridgehead atoms. The topological polar surface area (TPSA) is 41.1 Å². The van der Waals surface area contributed by atoms with Crippen LogP contribution in [0.3, 0.4) is 0 Å². The van der Waals surface area contributed by atoms with E-state index in [-0.39, 0.29) is 11.8 Å². The molecular formula is C15H12BrClN2O. The van der Waals surface area contributed by atoms with E-state index in [1.807, 2.05) is 30.3 Å². The van der Waals surface area contributed by atoms with Crippen molar-refractivity contribution in [3.63, 3.8) is 0 Å². The van der Waals surface area contributed by atoms with Crippen LogP contribution in [0.15, 0.2) is 46.9 Å². The summed E-state index contributed by atoms with van der Waals surface area (Å²) in [5, 5.41) is 6.65. The SMILES string of the molecule is O=C(Nc1ccc(Br)cc1Cl)C1CNc2ccccc21. The summed E-state index contributed by atoms with van der Waals surface area (Å²) in [6.45, 7) is 0.610. The van der Waals surface area contributed by atoms with Crippen molar-refractivity contribution in [1.82, 2.24) is 0 Å². The van der Waals surface area contributed by atoms with Crippen molar-refractivity contribution in [1.29, 1.82) is 0 Å². The highest BCUT2D eigenvalue weighted by atomic mass is 79.9. The first kappa shape index (κ1) is 13.5. The van der Waals surface area contributed by atoms with E-state index in [9.17, 15) is 4.79 Å². The van der Waals surface area contributed by atoms with Gasteiger partial charge in [-0.3, -0.25) is 4.79 Å². The zero-order chi connectivity index (χ0) is 14.1. The Morgan fingerprint density at radius 2 is 2.10 bits per heavy atom. The van der Waals surface area contributed by atoms with Gasteiger partial charge in [0.05, 0.1) is 16.6 Å². The van der Waals surface area contributed by atoms with E-state index in [2.05, 4.69) is 26.6 Å². The molecule has 0 fully saturated rings. The number of hydrogen-bond acceptors (Lipinski definition) is 2. The standard InChI is InChI=1S/C15H12BrClN2O/c16-9-5-6-14(12(17)7-9)19-15(20)11-8-18-13-4-2-1-3-10(11)13/h1-7,11,18H,8H2,(H,19,20). The fraction of sp³-hybridized carbons (Fsp3) is 0.133. The quantitative estimate of drug-likeness (QED) is 0.849. The Morgan fingerprint density at radius 1 is 1.30 bits per heavy atom. The van der Waals surface area contributed by atoms with Gasteiger partial charge in [0.1, 0.15) is 0 Å². The number of carbonyl (C=O) groups excluding carboxylic acids is 1. The third kappa shape index (κ3) is 2.53. The average Bonchev–Trinajstić information content (AvgIpc) is 2.86. The van der Waals surface area contributed by atoms with Gasteiger partial charge in [0.25, 0.3) is 0 Å². The lowest BCUT2D eigenvalue weighted by Gasteiger charge is -2.12. The minimum absolute atomic E-state index is 0.0494. The summed E-state index contributed by atoms with van der Waals surface area (Å²) in [6.07, 6.45) is 0. The van der Waals surface area contributed by atoms with Crippen molar-refractivity contribution >= 4 is 44.8 Å². The highest BCUT2D eigenvalue weighted by Crippen LogP contribution is 2.33. The van der Waals surface area contributed by atoms with Crippen molar-refractivity contribution in [3.8, 4) is 0 Å². The summed E-state index contributed by atoms with van der Waals surface area (Å²) in [7, 11) is 0. The maximum absolute atomic E-state index is 12.4. The lowest BCUT2D eigenvalue weighted by Crippen LogP contribution is -2.22. The number of nitrogens with one attached hydrogen (secondary N) is 2. The van der Waals surface area contributed by atoms with Gasteiger partial charge in [0.2, 0.25) is 5.91 Å². The predicted octanol–water partition coefficient (Wildman–Crippen LogP) is 4.25. The number of amides is 1. The second-order valence-electron chi connectivity index (χ2n) is 4.63. The van der Waals surface area contributed by atoms with Crippen LogP contribution in [0.5, 0.6) is 0 Å². The molecule has 20 heavy (non-hydrogen) atoms. The minimum Gasteiger partial charge on any atom is -0.384 e. The van der Waals surface area contributed by atoms with Gasteiger partial charge in [-0.1, -0.05) is 45.7 Å². The Kier molecular flexibility index (Phi) is 3.68. The molecule has 0 spiro atoms. The average molecular weight is 352 g/mol. The zero-order valence-corrected chi connectivity index (χ0v) is 12.8. The fourth-order valence-electron chi connectivity index (χ4n) is 2.33. The van der Waals surface area contributed by atoms with Gasteiger partial charge in [-0.25, -0.2) is 0 Å². The van der Waals surface area contributed by atoms with Gasteiger partial charge in [0.15, 0.2) is 0 Å². The molecule has 1 aliphatic heterocycles. The lowest BCUT2D eigenvalue weighted by molar-refractivity contribution is -0.117. The van der Waals surface area contributed by atoms with Crippen LogP contribution in [0, 0.1) is 0 Å². The van der Waals surface area contributed by atoms with Crippen LogP contribution >= 0.6 is 27.5 Å². The molecule has 1 amide bonds. The number of benzene rings is 2. The van der Waals surface area contributed by atoms with Crippen LogP contribution in [-0.2, 0) is 4.79 Å². The molecule has 0 radical (unpaired) electrons. The third-order valence-electron chi connectivity index (χ3n) is 3.34. The molecule has 2 N–H and O–H groups in total. The number of halogens is 2. The largest absolute Gasteiger partial charge is 0.384 e. The molecule has 5 heteroatoms. The van der Waals surface area contributed by atoms with E-state index in [1.165, 1.54) is 0 Å². The van der Waals surface area contributed by atoms with E-state index < -0.39 is 0 Å². The molecule has 0 saturated heterocycles. The van der Waals surface area contributed by atoms with Gasteiger partial charge in [-0.2, -0.15) is 0 Å². The normalized spacial score (nSPS) is 16.4. The summed E-state index contributed by atoms with van der Waals surface area (Å²) >= 11 is 9.46. The van der Waals surface area contributed by atoms with E-state index in [1.54, 1.807) is 12.1 Å². The van der Waals surface area contributed by atoms with Crippen LogP contribution in [0.4, 0.5) is 11.4 Å². The van der Waals surface area contributed by atoms with Gasteiger partial charge in [0, 0.05) is 16.7 Å². The minimum atomic E-state index is -0.189. The monoisotopic (exact) mass is 350 g/mol. The Hall–Kier alpha value is -1.52. The van der Waals surface area contributed by atoms with E-state index in [0.29, 0.717) is 17.3 Å². The molecule has 0 aliphatic carbocycles. The first-order valence-corrected chi connectivity index (χ1v) is 7.41. The highest BCUT2D eigenvalue weighted by molar-refractivity contribution is 9.10. The van der Waals surface area contributed by atoms with Gasteiger partial charge in [-0.15, -0.1) is 0 Å². The summed E-state index contributed by atoms with van der Waals surface area (Å²) in [5.41, 5.74) is 2.68. The summed E-state index contributed by atoms with van der Waals surface area (Å²) in [5.74, 6) is -0.238. The number of hydrogen-bond donors (Lipinski definition) is 2. The molecular weight excluding hydrogens is 340 g/mol. The summed E-state index contributed by atoms with van der Waals surface area (Å²) in [4.78, 5) is 12.4. The van der Waals surface area contributed by atoms with E-state index in [4.69, 9.17) is 11.6 Å². The number of para-hydroxylation sites is 1. The second kappa shape index (κ2) is 5.46. The van der Waals surface area contributed by atoms with Gasteiger partial charge < -0.3 is 10.6 Å². The van der Waals surface area contributed by atoms with Gasteiger partial charge in [-0.05, 0) is 29.8 Å². The third-order valence-corrected chi connectivity index (χ3v) is 4.14. The first-order chi connectivity index (χ1) is 9.65. The summed E-state index contributed by atoms with van der Waals surface area (Å²) < 4.78 is 0.883. The number of carbonyl (C=O) groups is 1. The van der Waals surface area contributed by atoms with Crippen LogP contribution in [0.1, 0.15) is 11.5 Å². The molecule has 0 saturated carbocycles. The zero-order valence-electron chi connectivity index (χ0n) is 10.5. The second-order valence-corrected chi connectivity index (χ2v) is 5.96. The summed E-state index contributed by atoms with van der Waals surface area (Å²) in [6, 6.07) is 13.3. The van der Waals surface area contributed by atoms with E-state index >= 15 is 0 Å². The Labute approximate surface area is 130 Å². The Balaban J connectivity index is 1.81. The molecule has 2 aromatic rings. The molecule has 3 nitrogen and oxygen atoms in total. The number of fused-ring (bicyclic) bond motifs is 1. The van der Waals surface area contributed by atoms with Gasteiger partial charge >= 0.3 is 0 Å². The maximum Gasteiger partial charge on any atom is 0.233 e. The molecule has 1 aliphatic rings. The first-order valence-electron chi connectivity index (χ1n) is 6.24. The lowest BCUT2D eigenvalue weighted by atomic mass is 10.0. The van der Waals surface area contributed by atoms with Crippen LogP contribution in [0.25, 0.3) is 0 Å². The van der Waals surface area contributed by atoms with Crippen LogP contribution < -0.4 is 10.6 Å². The molecule has 1 unspecified atom stereocenters. The van der Waals surface area contributed by atoms with Crippen molar-refractivity contribution in [2.45, 2.75) is 5.92 Å². The van der Waals surface area contributed by atoms with Crippen molar-refractivity contribution in [3.05, 3.63) is 57.5 Å². The Morgan fingerprint density at radius 3 is 2.90 bits per heavy atom. The fourth-order valence-corrected chi connectivity index (χ4v) is 3.05. The number of anilines is 2. The van der Waals surface area contributed by atoms with Crippen LogP contribution in [-0.4, -0.2) is 12.5 Å². The number of rotatable bonds is 2. The molecule has 3 rings (SSSR count). The molecule has 0 aromatic heterocycles. The molecule has 2 aromatic carbocycles. The predicted molar refractivity (Wildman–Crippen MR) is 85.5 cm³/mol. The van der Waals surface area contributed by atoms with Crippen molar-refractivity contribution in [2.24, 2.45) is 0 Å².